The Morgan fingerprint density at radius 1 is 1.26 bits per heavy atom. The van der Waals surface area contributed by atoms with Crippen molar-refractivity contribution >= 4 is 5.91 Å². The first-order chi connectivity index (χ1) is 9.25. The molecule has 0 radical (unpaired) electrons. The highest BCUT2D eigenvalue weighted by molar-refractivity contribution is 5.81. The number of carbonyl (C=O) groups excluding carboxylic acids is 1. The van der Waals surface area contributed by atoms with E-state index in [2.05, 4.69) is 5.32 Å². The van der Waals surface area contributed by atoms with Crippen LogP contribution in [0, 0.1) is 5.92 Å². The van der Waals surface area contributed by atoms with E-state index >= 15 is 0 Å². The van der Waals surface area contributed by atoms with Crippen LogP contribution in [0.5, 0.6) is 0 Å². The summed E-state index contributed by atoms with van der Waals surface area (Å²) in [6, 6.07) is 9.49. The molecule has 0 unspecified atom stereocenters. The zero-order valence-electron chi connectivity index (χ0n) is 11.5. The van der Waals surface area contributed by atoms with Crippen LogP contribution in [0.3, 0.4) is 0 Å². The van der Waals surface area contributed by atoms with Crippen LogP contribution in [0.25, 0.3) is 0 Å². The van der Waals surface area contributed by atoms with Crippen molar-refractivity contribution in [3.63, 3.8) is 0 Å². The van der Waals surface area contributed by atoms with Gasteiger partial charge in [0.05, 0.1) is 6.04 Å². The van der Waals surface area contributed by atoms with Crippen molar-refractivity contribution in [1.82, 2.24) is 5.32 Å². The van der Waals surface area contributed by atoms with E-state index in [1.165, 1.54) is 25.7 Å². The van der Waals surface area contributed by atoms with Crippen LogP contribution in [0.2, 0.25) is 0 Å². The molecule has 1 aromatic carbocycles. The van der Waals surface area contributed by atoms with E-state index in [1.807, 2.05) is 30.3 Å². The fourth-order valence-electron chi connectivity index (χ4n) is 2.79. The van der Waals surface area contributed by atoms with Crippen LogP contribution in [0.15, 0.2) is 30.3 Å². The Balaban J connectivity index is 1.67. The predicted octanol–water partition coefficient (Wildman–Crippen LogP) is 2.25. The van der Waals surface area contributed by atoms with Gasteiger partial charge in [0.25, 0.3) is 0 Å². The molecule has 1 atom stereocenters. The molecule has 0 bridgehead atoms. The molecule has 0 heterocycles. The Morgan fingerprint density at radius 3 is 2.63 bits per heavy atom. The summed E-state index contributed by atoms with van der Waals surface area (Å²) in [4.78, 5) is 11.9. The summed E-state index contributed by atoms with van der Waals surface area (Å²) in [6.45, 7) is 0.770. The minimum Gasteiger partial charge on any atom is -0.355 e. The van der Waals surface area contributed by atoms with Gasteiger partial charge in [-0.3, -0.25) is 4.79 Å². The second-order valence-corrected chi connectivity index (χ2v) is 5.53. The average molecular weight is 260 g/mol. The number of nitrogens with two attached hydrogens (primary N) is 1. The number of rotatable bonds is 6. The lowest BCUT2D eigenvalue weighted by Crippen LogP contribution is -2.42. The van der Waals surface area contributed by atoms with Crippen molar-refractivity contribution in [1.29, 1.82) is 0 Å². The van der Waals surface area contributed by atoms with Gasteiger partial charge in [0.2, 0.25) is 5.91 Å². The maximum atomic E-state index is 11.9. The molecule has 0 aliphatic heterocycles. The number of nitrogens with one attached hydrogen (secondary N) is 1. The average Bonchev–Trinajstić information content (AvgIpc) is 2.93. The quantitative estimate of drug-likeness (QED) is 0.824. The highest BCUT2D eigenvalue weighted by atomic mass is 16.2. The normalized spacial score (nSPS) is 17.3. The highest BCUT2D eigenvalue weighted by Crippen LogP contribution is 2.26. The van der Waals surface area contributed by atoms with Gasteiger partial charge < -0.3 is 11.1 Å². The van der Waals surface area contributed by atoms with Crippen molar-refractivity contribution in [2.45, 2.75) is 44.6 Å². The number of amides is 1. The van der Waals surface area contributed by atoms with E-state index in [9.17, 15) is 4.79 Å². The van der Waals surface area contributed by atoms with Gasteiger partial charge in [-0.25, -0.2) is 0 Å². The van der Waals surface area contributed by atoms with Crippen molar-refractivity contribution in [2.75, 3.05) is 6.54 Å². The lowest BCUT2D eigenvalue weighted by atomic mass is 10.0. The van der Waals surface area contributed by atoms with Crippen LogP contribution in [-0.2, 0) is 11.2 Å². The van der Waals surface area contributed by atoms with E-state index < -0.39 is 6.04 Å². The maximum Gasteiger partial charge on any atom is 0.237 e. The van der Waals surface area contributed by atoms with Gasteiger partial charge in [-0.2, -0.15) is 0 Å². The van der Waals surface area contributed by atoms with E-state index in [4.69, 9.17) is 5.73 Å². The SMILES string of the molecule is N[C@H](Cc1ccccc1)C(=O)NCCC1CCCC1. The van der Waals surface area contributed by atoms with Gasteiger partial charge in [-0.15, -0.1) is 0 Å². The number of hydrogen-bond acceptors (Lipinski definition) is 2. The third-order valence-electron chi connectivity index (χ3n) is 3.96. The van der Waals surface area contributed by atoms with E-state index in [0.717, 1.165) is 24.4 Å². The maximum absolute atomic E-state index is 11.9. The van der Waals surface area contributed by atoms with Crippen LogP contribution >= 0.6 is 0 Å². The third kappa shape index (κ3) is 4.67. The second-order valence-electron chi connectivity index (χ2n) is 5.53. The number of hydrogen-bond donors (Lipinski definition) is 2. The van der Waals surface area contributed by atoms with Gasteiger partial charge in [0.15, 0.2) is 0 Å². The largest absolute Gasteiger partial charge is 0.355 e. The first kappa shape index (κ1) is 14.1. The van der Waals surface area contributed by atoms with E-state index in [0.29, 0.717) is 6.42 Å². The Hall–Kier alpha value is -1.35. The molecule has 1 aliphatic rings. The first-order valence-electron chi connectivity index (χ1n) is 7.33. The molecule has 3 heteroatoms. The lowest BCUT2D eigenvalue weighted by Gasteiger charge is -2.14. The zero-order valence-corrected chi connectivity index (χ0v) is 11.5. The Labute approximate surface area is 115 Å². The predicted molar refractivity (Wildman–Crippen MR) is 77.7 cm³/mol. The molecule has 2 rings (SSSR count). The van der Waals surface area contributed by atoms with Crippen molar-refractivity contribution in [3.8, 4) is 0 Å². The Kier molecular flexibility index (Phi) is 5.40. The fraction of sp³-hybridized carbons (Fsp3) is 0.562. The molecule has 0 spiro atoms. The first-order valence-corrected chi connectivity index (χ1v) is 7.33. The molecule has 1 saturated carbocycles. The molecule has 104 valence electrons. The van der Waals surface area contributed by atoms with Crippen molar-refractivity contribution in [2.24, 2.45) is 11.7 Å². The van der Waals surface area contributed by atoms with Gasteiger partial charge in [0.1, 0.15) is 0 Å². The van der Waals surface area contributed by atoms with Crippen LogP contribution < -0.4 is 11.1 Å². The summed E-state index contributed by atoms with van der Waals surface area (Å²) in [5, 5.41) is 2.97. The standard InChI is InChI=1S/C16H24N2O/c17-15(12-14-8-2-1-3-9-14)16(19)18-11-10-13-6-4-5-7-13/h1-3,8-9,13,15H,4-7,10-12,17H2,(H,18,19)/t15-/m1/s1. The van der Waals surface area contributed by atoms with Gasteiger partial charge in [-0.1, -0.05) is 56.0 Å². The third-order valence-corrected chi connectivity index (χ3v) is 3.96. The number of benzene rings is 1. The Bertz CT molecular complexity index is 385. The fourth-order valence-corrected chi connectivity index (χ4v) is 2.79. The topological polar surface area (TPSA) is 55.1 Å². The molecular weight excluding hydrogens is 236 g/mol. The Morgan fingerprint density at radius 2 is 1.95 bits per heavy atom. The zero-order chi connectivity index (χ0) is 13.5. The molecule has 3 N–H and O–H groups in total. The van der Waals surface area contributed by atoms with E-state index in [1.54, 1.807) is 0 Å². The van der Waals surface area contributed by atoms with Gasteiger partial charge in [-0.05, 0) is 24.3 Å². The second kappa shape index (κ2) is 7.29. The lowest BCUT2D eigenvalue weighted by molar-refractivity contribution is -0.122. The van der Waals surface area contributed by atoms with E-state index in [-0.39, 0.29) is 5.91 Å². The highest BCUT2D eigenvalue weighted by Gasteiger charge is 2.17. The summed E-state index contributed by atoms with van der Waals surface area (Å²) in [6.07, 6.45) is 7.07. The minimum atomic E-state index is -0.439. The van der Waals surface area contributed by atoms with Crippen molar-refractivity contribution < 1.29 is 4.79 Å². The molecule has 0 aromatic heterocycles. The minimum absolute atomic E-state index is 0.0261. The van der Waals surface area contributed by atoms with Crippen LogP contribution in [-0.4, -0.2) is 18.5 Å². The molecule has 1 fully saturated rings. The molecular formula is C16H24N2O. The molecule has 1 aromatic rings. The monoisotopic (exact) mass is 260 g/mol. The summed E-state index contributed by atoms with van der Waals surface area (Å²) in [5.74, 6) is 0.785. The molecule has 1 aliphatic carbocycles. The van der Waals surface area contributed by atoms with Crippen LogP contribution in [0.1, 0.15) is 37.7 Å². The molecule has 3 nitrogen and oxygen atoms in total. The smallest absolute Gasteiger partial charge is 0.237 e. The molecule has 0 saturated heterocycles. The molecule has 19 heavy (non-hydrogen) atoms. The van der Waals surface area contributed by atoms with Crippen LogP contribution in [0.4, 0.5) is 0 Å². The van der Waals surface area contributed by atoms with Crippen molar-refractivity contribution in [3.05, 3.63) is 35.9 Å². The van der Waals surface area contributed by atoms with Gasteiger partial charge in [0, 0.05) is 6.54 Å². The summed E-state index contributed by atoms with van der Waals surface area (Å²) in [5.41, 5.74) is 7.04. The molecule has 1 amide bonds. The summed E-state index contributed by atoms with van der Waals surface area (Å²) in [7, 11) is 0. The summed E-state index contributed by atoms with van der Waals surface area (Å²) >= 11 is 0. The summed E-state index contributed by atoms with van der Waals surface area (Å²) < 4.78 is 0. The van der Waals surface area contributed by atoms with Gasteiger partial charge >= 0.3 is 0 Å². The number of carbonyl (C=O) groups is 1.